The van der Waals surface area contributed by atoms with Crippen LogP contribution in [-0.2, 0) is 13.0 Å². The average Bonchev–Trinajstić information content (AvgIpc) is 2.50. The molecule has 0 aliphatic carbocycles. The Hall–Kier alpha value is -0.450. The van der Waals surface area contributed by atoms with Gasteiger partial charge < -0.3 is 11.1 Å². The van der Waals surface area contributed by atoms with E-state index in [0.717, 1.165) is 18.0 Å². The number of hydrogen-bond acceptors (Lipinski definition) is 4. The predicted molar refractivity (Wildman–Crippen MR) is 56.8 cm³/mol. The van der Waals surface area contributed by atoms with Gasteiger partial charge in [0.2, 0.25) is 0 Å². The average molecular weight is 199 g/mol. The second kappa shape index (κ2) is 5.32. The van der Waals surface area contributed by atoms with Gasteiger partial charge in [0.1, 0.15) is 0 Å². The van der Waals surface area contributed by atoms with Crippen LogP contribution in [0.5, 0.6) is 0 Å². The van der Waals surface area contributed by atoms with Crippen LogP contribution in [0.4, 0.5) is 0 Å². The van der Waals surface area contributed by atoms with Gasteiger partial charge >= 0.3 is 0 Å². The monoisotopic (exact) mass is 199 g/mol. The topological polar surface area (TPSA) is 50.9 Å². The van der Waals surface area contributed by atoms with Gasteiger partial charge in [-0.05, 0) is 6.54 Å². The zero-order chi connectivity index (χ0) is 9.68. The molecule has 0 radical (unpaired) electrons. The molecule has 0 aromatic carbocycles. The molecule has 1 rings (SSSR count). The van der Waals surface area contributed by atoms with Gasteiger partial charge in [-0.15, -0.1) is 11.3 Å². The van der Waals surface area contributed by atoms with Crippen molar-refractivity contribution in [2.75, 3.05) is 6.54 Å². The Balaban J connectivity index is 2.39. The maximum atomic E-state index is 5.44. The summed E-state index contributed by atoms with van der Waals surface area (Å²) in [6, 6.07) is 0.528. The summed E-state index contributed by atoms with van der Waals surface area (Å²) in [5, 5.41) is 4.50. The second-order valence-corrected chi connectivity index (χ2v) is 4.49. The molecule has 1 aromatic heterocycles. The van der Waals surface area contributed by atoms with Crippen LogP contribution < -0.4 is 11.1 Å². The number of rotatable bonds is 5. The van der Waals surface area contributed by atoms with Crippen LogP contribution in [0, 0.1) is 0 Å². The molecule has 74 valence electrons. The third-order valence-corrected chi connectivity index (χ3v) is 2.70. The van der Waals surface area contributed by atoms with Gasteiger partial charge in [0.15, 0.2) is 0 Å². The van der Waals surface area contributed by atoms with Gasteiger partial charge in [-0.3, -0.25) is 0 Å². The van der Waals surface area contributed by atoms with Crippen molar-refractivity contribution in [1.29, 1.82) is 0 Å². The summed E-state index contributed by atoms with van der Waals surface area (Å²) < 4.78 is 0. The first-order valence-corrected chi connectivity index (χ1v) is 5.41. The number of nitrogens with two attached hydrogens (primary N) is 1. The van der Waals surface area contributed by atoms with Gasteiger partial charge in [-0.2, -0.15) is 0 Å². The van der Waals surface area contributed by atoms with Gasteiger partial charge in [-0.1, -0.05) is 13.8 Å². The highest BCUT2D eigenvalue weighted by molar-refractivity contribution is 7.11. The summed E-state index contributed by atoms with van der Waals surface area (Å²) in [4.78, 5) is 5.57. The van der Waals surface area contributed by atoms with E-state index in [1.54, 1.807) is 11.3 Å². The molecule has 0 spiro atoms. The van der Waals surface area contributed by atoms with Crippen LogP contribution in [-0.4, -0.2) is 17.6 Å². The third-order valence-electron chi connectivity index (χ3n) is 1.64. The van der Waals surface area contributed by atoms with E-state index in [0.29, 0.717) is 12.6 Å². The maximum absolute atomic E-state index is 5.44. The molecule has 3 nitrogen and oxygen atoms in total. The lowest BCUT2D eigenvalue weighted by molar-refractivity contribution is 0.593. The van der Waals surface area contributed by atoms with E-state index in [4.69, 9.17) is 5.73 Å². The number of nitrogens with zero attached hydrogens (tertiary/aromatic N) is 1. The summed E-state index contributed by atoms with van der Waals surface area (Å²) in [5.41, 5.74) is 5.44. The molecule has 13 heavy (non-hydrogen) atoms. The van der Waals surface area contributed by atoms with Crippen molar-refractivity contribution < 1.29 is 0 Å². The van der Waals surface area contributed by atoms with E-state index in [1.807, 2.05) is 6.20 Å². The molecular weight excluding hydrogens is 182 g/mol. The van der Waals surface area contributed by atoms with Crippen LogP contribution in [0.2, 0.25) is 0 Å². The zero-order valence-corrected chi connectivity index (χ0v) is 9.03. The van der Waals surface area contributed by atoms with E-state index < -0.39 is 0 Å². The van der Waals surface area contributed by atoms with Crippen molar-refractivity contribution in [3.8, 4) is 0 Å². The van der Waals surface area contributed by atoms with Gasteiger partial charge in [0.25, 0.3) is 0 Å². The molecular formula is C9H17N3S. The van der Waals surface area contributed by atoms with Crippen molar-refractivity contribution in [3.05, 3.63) is 16.1 Å². The molecule has 0 saturated carbocycles. The van der Waals surface area contributed by atoms with Gasteiger partial charge in [0, 0.05) is 30.1 Å². The second-order valence-electron chi connectivity index (χ2n) is 3.29. The molecule has 1 heterocycles. The Morgan fingerprint density at radius 3 is 3.00 bits per heavy atom. The van der Waals surface area contributed by atoms with Crippen LogP contribution in [0.3, 0.4) is 0 Å². The zero-order valence-electron chi connectivity index (χ0n) is 8.21. The highest BCUT2D eigenvalue weighted by Gasteiger charge is 2.01. The van der Waals surface area contributed by atoms with Crippen LogP contribution in [0.25, 0.3) is 0 Å². The van der Waals surface area contributed by atoms with E-state index in [-0.39, 0.29) is 0 Å². The molecule has 0 atom stereocenters. The normalized spacial score (nSPS) is 11.1. The smallest absolute Gasteiger partial charge is 0.0940 e. The van der Waals surface area contributed by atoms with E-state index in [1.165, 1.54) is 4.88 Å². The Morgan fingerprint density at radius 1 is 1.62 bits per heavy atom. The van der Waals surface area contributed by atoms with E-state index in [2.05, 4.69) is 24.1 Å². The van der Waals surface area contributed by atoms with E-state index in [9.17, 15) is 0 Å². The molecule has 1 aromatic rings. The molecule has 4 heteroatoms. The number of thiazole rings is 1. The Bertz CT molecular complexity index is 245. The lowest BCUT2D eigenvalue weighted by Crippen LogP contribution is -2.21. The van der Waals surface area contributed by atoms with Crippen LogP contribution in [0.1, 0.15) is 23.7 Å². The lowest BCUT2D eigenvalue weighted by Gasteiger charge is -2.04. The van der Waals surface area contributed by atoms with Crippen molar-refractivity contribution in [1.82, 2.24) is 10.3 Å². The molecule has 0 saturated heterocycles. The summed E-state index contributed by atoms with van der Waals surface area (Å²) in [5.74, 6) is 0. The molecule has 0 bridgehead atoms. The molecule has 0 amide bonds. The molecule has 3 N–H and O–H groups in total. The summed E-state index contributed by atoms with van der Waals surface area (Å²) in [6.45, 7) is 5.88. The number of aromatic nitrogens is 1. The summed E-state index contributed by atoms with van der Waals surface area (Å²) in [7, 11) is 0. The first kappa shape index (κ1) is 10.6. The van der Waals surface area contributed by atoms with Gasteiger partial charge in [0.05, 0.1) is 5.01 Å². The van der Waals surface area contributed by atoms with Crippen molar-refractivity contribution in [3.63, 3.8) is 0 Å². The number of hydrogen-bond donors (Lipinski definition) is 2. The molecule has 0 aliphatic heterocycles. The molecule has 0 fully saturated rings. The number of nitrogens with one attached hydrogen (secondary N) is 1. The quantitative estimate of drug-likeness (QED) is 0.747. The lowest BCUT2D eigenvalue weighted by atomic mass is 10.4. The Morgan fingerprint density at radius 2 is 2.38 bits per heavy atom. The first-order chi connectivity index (χ1) is 6.22. The highest BCUT2D eigenvalue weighted by atomic mass is 32.1. The highest BCUT2D eigenvalue weighted by Crippen LogP contribution is 2.12. The van der Waals surface area contributed by atoms with Crippen LogP contribution in [0.15, 0.2) is 6.20 Å². The van der Waals surface area contributed by atoms with Crippen molar-refractivity contribution in [2.45, 2.75) is 32.9 Å². The maximum Gasteiger partial charge on any atom is 0.0940 e. The Kier molecular flexibility index (Phi) is 4.35. The molecule has 0 aliphatic rings. The standard InChI is InChI=1S/C9H17N3S/c1-7(2)11-5-8-6-12-9(13-8)3-4-10/h6-7,11H,3-5,10H2,1-2H3. The SMILES string of the molecule is CC(C)NCc1cnc(CCN)s1. The summed E-state index contributed by atoms with van der Waals surface area (Å²) >= 11 is 1.75. The van der Waals surface area contributed by atoms with Crippen molar-refractivity contribution in [2.24, 2.45) is 5.73 Å². The fourth-order valence-corrected chi connectivity index (χ4v) is 1.86. The van der Waals surface area contributed by atoms with Crippen molar-refractivity contribution >= 4 is 11.3 Å². The van der Waals surface area contributed by atoms with E-state index >= 15 is 0 Å². The Labute approximate surface area is 83.4 Å². The first-order valence-electron chi connectivity index (χ1n) is 4.59. The fraction of sp³-hybridized carbons (Fsp3) is 0.667. The molecule has 0 unspecified atom stereocenters. The third kappa shape index (κ3) is 3.85. The summed E-state index contributed by atoms with van der Waals surface area (Å²) in [6.07, 6.45) is 2.83. The van der Waals surface area contributed by atoms with Gasteiger partial charge in [-0.25, -0.2) is 4.98 Å². The van der Waals surface area contributed by atoms with Crippen LogP contribution >= 0.6 is 11.3 Å². The minimum Gasteiger partial charge on any atom is -0.330 e. The minimum absolute atomic E-state index is 0.528. The minimum atomic E-state index is 0.528. The fourth-order valence-electron chi connectivity index (χ4n) is 0.974. The largest absolute Gasteiger partial charge is 0.330 e. The predicted octanol–water partition coefficient (Wildman–Crippen LogP) is 1.14.